The number of aromatic nitrogens is 4. The second-order valence-electron chi connectivity index (χ2n) is 7.88. The minimum atomic E-state index is -1.20. The Morgan fingerprint density at radius 1 is 1.44 bits per heavy atom. The summed E-state index contributed by atoms with van der Waals surface area (Å²) in [4.78, 5) is 49.0. The van der Waals surface area contributed by atoms with E-state index in [9.17, 15) is 19.5 Å². The fraction of sp³-hybridized carbons (Fsp3) is 0.350. The average molecular weight is 549 g/mol. The van der Waals surface area contributed by atoms with Gasteiger partial charge in [0.1, 0.15) is 33.9 Å². The molecule has 3 atom stereocenters. The van der Waals surface area contributed by atoms with Crippen molar-refractivity contribution in [3.63, 3.8) is 0 Å². The Kier molecular flexibility index (Phi) is 6.97. The number of nitrogens with zero attached hydrogens (tertiary/aromatic N) is 5. The molecule has 2 aromatic heterocycles. The van der Waals surface area contributed by atoms with Crippen molar-refractivity contribution in [1.82, 2.24) is 30.6 Å². The number of rotatable bonds is 9. The first kappa shape index (κ1) is 24.3. The summed E-state index contributed by atoms with van der Waals surface area (Å²) >= 11 is 3.84. The second kappa shape index (κ2) is 10.3. The van der Waals surface area contributed by atoms with E-state index in [-0.39, 0.29) is 28.3 Å². The molecule has 2 aromatic rings. The van der Waals surface area contributed by atoms with E-state index >= 15 is 0 Å². The molecule has 0 spiro atoms. The van der Waals surface area contributed by atoms with Crippen molar-refractivity contribution in [3.05, 3.63) is 40.7 Å². The average Bonchev–Trinajstić information content (AvgIpc) is 3.64. The Morgan fingerprint density at radius 2 is 2.31 bits per heavy atom. The number of aromatic amines is 1. The normalized spacial score (nSPS) is 23.4. The third-order valence-electron chi connectivity index (χ3n) is 5.55. The van der Waals surface area contributed by atoms with Crippen LogP contribution in [-0.2, 0) is 19.2 Å². The lowest BCUT2D eigenvalue weighted by molar-refractivity contribution is -0.150. The number of nitrogens with one attached hydrogen (secondary N) is 2. The van der Waals surface area contributed by atoms with Crippen LogP contribution >= 0.6 is 34.9 Å². The Hall–Kier alpha value is -3.37. The lowest BCUT2D eigenvalue weighted by Gasteiger charge is -2.49. The third-order valence-corrected chi connectivity index (χ3v) is 8.55. The summed E-state index contributed by atoms with van der Waals surface area (Å²) < 4.78 is 0. The van der Waals surface area contributed by atoms with Crippen molar-refractivity contribution >= 4 is 63.5 Å². The molecule has 1 saturated heterocycles. The minimum Gasteiger partial charge on any atom is -0.477 e. The first-order valence-electron chi connectivity index (χ1n) is 10.7. The van der Waals surface area contributed by atoms with Crippen molar-refractivity contribution in [1.29, 1.82) is 0 Å². The van der Waals surface area contributed by atoms with Gasteiger partial charge in [0.25, 0.3) is 11.8 Å². The molecule has 2 amide bonds. The Balaban J connectivity index is 1.31. The summed E-state index contributed by atoms with van der Waals surface area (Å²) in [6, 6.07) is -0.922. The summed E-state index contributed by atoms with van der Waals surface area (Å²) in [5.41, 5.74) is 6.38. The number of hydrogen-bond donors (Lipinski definition) is 4. The van der Waals surface area contributed by atoms with Crippen molar-refractivity contribution in [2.45, 2.75) is 35.4 Å². The number of carbonyl (C=O) groups is 3. The molecule has 16 heteroatoms. The van der Waals surface area contributed by atoms with Crippen LogP contribution in [0.3, 0.4) is 0 Å². The third kappa shape index (κ3) is 4.83. The molecule has 2 aliphatic heterocycles. The van der Waals surface area contributed by atoms with Gasteiger partial charge in [-0.15, -0.1) is 28.2 Å². The summed E-state index contributed by atoms with van der Waals surface area (Å²) in [7, 11) is 0. The highest BCUT2D eigenvalue weighted by Gasteiger charge is 2.54. The van der Waals surface area contributed by atoms with E-state index in [0.29, 0.717) is 22.1 Å². The topological polar surface area (TPSA) is 189 Å². The SMILES string of the molecule is Nc1nc(/C(=N\OC2C=CCC2)C(=O)NC2C(=O)N3C(C(=O)O)=C(CSc4cn[nH]n4)CSC23)cs1. The van der Waals surface area contributed by atoms with Gasteiger partial charge < -0.3 is 21.0 Å². The smallest absolute Gasteiger partial charge is 0.352 e. The first-order chi connectivity index (χ1) is 17.4. The number of carbonyl (C=O) groups excluding carboxylic acids is 2. The molecule has 36 heavy (non-hydrogen) atoms. The van der Waals surface area contributed by atoms with Crippen LogP contribution in [0.4, 0.5) is 5.13 Å². The maximum atomic E-state index is 13.2. The lowest BCUT2D eigenvalue weighted by atomic mass is 10.0. The first-order valence-corrected chi connectivity index (χ1v) is 13.6. The number of H-pyrrole nitrogens is 1. The number of oxime groups is 1. The van der Waals surface area contributed by atoms with Crippen LogP contribution in [0.2, 0.25) is 0 Å². The maximum absolute atomic E-state index is 13.2. The fourth-order valence-corrected chi connectivity index (χ4v) is 6.66. The van der Waals surface area contributed by atoms with E-state index in [4.69, 9.17) is 10.6 Å². The number of amides is 2. The van der Waals surface area contributed by atoms with E-state index in [1.807, 2.05) is 12.2 Å². The summed E-state index contributed by atoms with van der Waals surface area (Å²) in [5, 5.41) is 28.6. The van der Waals surface area contributed by atoms with Gasteiger partial charge in [-0.1, -0.05) is 23.0 Å². The summed E-state index contributed by atoms with van der Waals surface area (Å²) in [6.45, 7) is 0. The molecule has 0 aromatic carbocycles. The largest absolute Gasteiger partial charge is 0.477 e. The summed E-state index contributed by atoms with van der Waals surface area (Å²) in [5.74, 6) is -1.65. The molecule has 188 valence electrons. The van der Waals surface area contributed by atoms with Gasteiger partial charge in [0, 0.05) is 16.9 Å². The van der Waals surface area contributed by atoms with Gasteiger partial charge >= 0.3 is 5.97 Å². The van der Waals surface area contributed by atoms with Crippen molar-refractivity contribution in [2.75, 3.05) is 17.2 Å². The number of hydrogen-bond acceptors (Lipinski definition) is 12. The standard InChI is InChI=1S/C20H20N8O5S3/c21-20-23-11(8-36-20)13(26-33-10-3-1-2-4-10)16(29)24-14-17(30)28-15(19(31)32)9(7-35-18(14)28)6-34-12-5-22-27-25-12/h1,3,5,8,10,14,18H,2,4,6-7H2,(H2,21,23)(H,24,29)(H,31,32)(H,22,25,27)/b26-13+. The molecule has 3 unspecified atom stereocenters. The minimum absolute atomic E-state index is 0.0669. The number of nitrogens with two attached hydrogens (primary N) is 1. The molecule has 13 nitrogen and oxygen atoms in total. The Morgan fingerprint density at radius 3 is 2.97 bits per heavy atom. The molecule has 4 heterocycles. The van der Waals surface area contributed by atoms with Gasteiger partial charge in [0.2, 0.25) is 0 Å². The summed E-state index contributed by atoms with van der Waals surface area (Å²) in [6.07, 6.45) is 6.71. The molecule has 0 radical (unpaired) electrons. The van der Waals surface area contributed by atoms with E-state index in [2.05, 4.69) is 30.9 Å². The number of carboxylic acids is 1. The fourth-order valence-electron chi connectivity index (χ4n) is 3.84. The van der Waals surface area contributed by atoms with Crippen LogP contribution in [0.15, 0.2) is 45.2 Å². The number of anilines is 1. The monoisotopic (exact) mass is 548 g/mol. The Bertz CT molecular complexity index is 1270. The van der Waals surface area contributed by atoms with E-state index < -0.39 is 29.2 Å². The van der Waals surface area contributed by atoms with Crippen LogP contribution in [0.1, 0.15) is 18.5 Å². The number of thiazole rings is 1. The van der Waals surface area contributed by atoms with Crippen LogP contribution in [-0.4, -0.2) is 82.9 Å². The molecular weight excluding hydrogens is 528 g/mol. The van der Waals surface area contributed by atoms with E-state index in [1.165, 1.54) is 34.6 Å². The number of nitrogen functional groups attached to an aromatic ring is 1. The molecule has 0 saturated carbocycles. The van der Waals surface area contributed by atoms with Crippen LogP contribution in [0, 0.1) is 0 Å². The zero-order valence-electron chi connectivity index (χ0n) is 18.5. The molecule has 1 fully saturated rings. The van der Waals surface area contributed by atoms with Crippen molar-refractivity contribution in [3.8, 4) is 0 Å². The number of allylic oxidation sites excluding steroid dienone is 1. The van der Waals surface area contributed by atoms with Gasteiger partial charge in [-0.05, 0) is 24.5 Å². The maximum Gasteiger partial charge on any atom is 0.352 e. The van der Waals surface area contributed by atoms with Gasteiger partial charge in [-0.3, -0.25) is 14.5 Å². The number of aliphatic carboxylic acids is 1. The molecule has 5 N–H and O–H groups in total. The number of fused-ring (bicyclic) bond motifs is 1. The van der Waals surface area contributed by atoms with Gasteiger partial charge in [-0.25, -0.2) is 9.78 Å². The lowest BCUT2D eigenvalue weighted by Crippen LogP contribution is -2.71. The number of thioether (sulfide) groups is 2. The molecular formula is C20H20N8O5S3. The molecule has 1 aliphatic carbocycles. The van der Waals surface area contributed by atoms with Crippen molar-refractivity contribution < 1.29 is 24.3 Å². The van der Waals surface area contributed by atoms with Gasteiger partial charge in [0.15, 0.2) is 10.8 Å². The molecule has 5 rings (SSSR count). The molecule has 3 aliphatic rings. The zero-order chi connectivity index (χ0) is 25.2. The van der Waals surface area contributed by atoms with Crippen LogP contribution in [0.5, 0.6) is 0 Å². The Labute approximate surface area is 216 Å². The van der Waals surface area contributed by atoms with Gasteiger partial charge in [0.05, 0.1) is 6.20 Å². The highest BCUT2D eigenvalue weighted by Crippen LogP contribution is 2.41. The van der Waals surface area contributed by atoms with Crippen molar-refractivity contribution in [2.24, 2.45) is 5.16 Å². The van der Waals surface area contributed by atoms with Crippen LogP contribution in [0.25, 0.3) is 0 Å². The predicted molar refractivity (Wildman–Crippen MR) is 133 cm³/mol. The highest BCUT2D eigenvalue weighted by molar-refractivity contribution is 8.01. The molecule has 0 bridgehead atoms. The predicted octanol–water partition coefficient (Wildman–Crippen LogP) is 0.814. The van der Waals surface area contributed by atoms with Crippen LogP contribution < -0.4 is 11.1 Å². The highest BCUT2D eigenvalue weighted by atomic mass is 32.2. The second-order valence-corrected chi connectivity index (χ2v) is 10.9. The van der Waals surface area contributed by atoms with Gasteiger partial charge in [-0.2, -0.15) is 10.3 Å². The van der Waals surface area contributed by atoms with E-state index in [0.717, 1.165) is 24.2 Å². The quantitative estimate of drug-likeness (QED) is 0.114. The zero-order valence-corrected chi connectivity index (χ0v) is 20.9. The van der Waals surface area contributed by atoms with E-state index in [1.54, 1.807) is 5.38 Å². The number of β-lactam (4-membered cyclic amide) rings is 1. The number of carboxylic acid groups (broad SMARTS) is 1.